The highest BCUT2D eigenvalue weighted by molar-refractivity contribution is 5.72. The van der Waals surface area contributed by atoms with Crippen LogP contribution in [0.5, 0.6) is 0 Å². The molecule has 1 saturated heterocycles. The monoisotopic (exact) mass is 286 g/mol. The van der Waals surface area contributed by atoms with Crippen molar-refractivity contribution in [3.05, 3.63) is 35.9 Å². The van der Waals surface area contributed by atoms with E-state index < -0.39 is 0 Å². The van der Waals surface area contributed by atoms with E-state index in [1.807, 2.05) is 25.1 Å². The maximum Gasteiger partial charge on any atom is 0.309 e. The smallest absolute Gasteiger partial charge is 0.309 e. The van der Waals surface area contributed by atoms with Crippen LogP contribution in [-0.4, -0.2) is 30.6 Å². The van der Waals surface area contributed by atoms with E-state index in [4.69, 9.17) is 10.00 Å². The zero-order valence-electron chi connectivity index (χ0n) is 12.5. The molecule has 0 aromatic heterocycles. The normalized spacial score (nSPS) is 17.9. The minimum atomic E-state index is -0.0753. The van der Waals surface area contributed by atoms with Crippen LogP contribution in [0.15, 0.2) is 30.3 Å². The fourth-order valence-corrected chi connectivity index (χ4v) is 2.93. The summed E-state index contributed by atoms with van der Waals surface area (Å²) < 4.78 is 5.10. The summed E-state index contributed by atoms with van der Waals surface area (Å²) in [5.41, 5.74) is 1.17. The van der Waals surface area contributed by atoms with Crippen molar-refractivity contribution < 1.29 is 9.53 Å². The molecular formula is C17H22N2O2. The second-order valence-corrected chi connectivity index (χ2v) is 5.35. The molecule has 4 heteroatoms. The van der Waals surface area contributed by atoms with E-state index in [0.717, 1.165) is 25.9 Å². The molecule has 1 atom stereocenters. The molecule has 1 aliphatic heterocycles. The van der Waals surface area contributed by atoms with Crippen LogP contribution in [0.2, 0.25) is 0 Å². The molecule has 0 N–H and O–H groups in total. The van der Waals surface area contributed by atoms with E-state index in [2.05, 4.69) is 23.1 Å². The van der Waals surface area contributed by atoms with Gasteiger partial charge in [0.15, 0.2) is 0 Å². The van der Waals surface area contributed by atoms with Gasteiger partial charge in [-0.25, -0.2) is 0 Å². The lowest BCUT2D eigenvalue weighted by atomic mass is 9.93. The molecule has 0 spiro atoms. The van der Waals surface area contributed by atoms with Gasteiger partial charge in [-0.2, -0.15) is 5.26 Å². The van der Waals surface area contributed by atoms with Gasteiger partial charge in [0.05, 0.1) is 25.0 Å². The van der Waals surface area contributed by atoms with E-state index in [1.54, 1.807) is 0 Å². The molecule has 1 aliphatic rings. The Morgan fingerprint density at radius 2 is 2.05 bits per heavy atom. The summed E-state index contributed by atoms with van der Waals surface area (Å²) in [6.07, 6.45) is 2.11. The Labute approximate surface area is 126 Å². The quantitative estimate of drug-likeness (QED) is 0.781. The number of rotatable bonds is 5. The minimum Gasteiger partial charge on any atom is -0.466 e. The van der Waals surface area contributed by atoms with Gasteiger partial charge >= 0.3 is 5.97 Å². The number of nitrogens with zero attached hydrogens (tertiary/aromatic N) is 2. The van der Waals surface area contributed by atoms with Crippen molar-refractivity contribution in [2.24, 2.45) is 5.92 Å². The second-order valence-electron chi connectivity index (χ2n) is 5.35. The van der Waals surface area contributed by atoms with Crippen LogP contribution >= 0.6 is 0 Å². The van der Waals surface area contributed by atoms with Crippen LogP contribution in [0.4, 0.5) is 0 Å². The zero-order valence-corrected chi connectivity index (χ0v) is 12.5. The summed E-state index contributed by atoms with van der Waals surface area (Å²) in [6, 6.07) is 12.5. The largest absolute Gasteiger partial charge is 0.466 e. The van der Waals surface area contributed by atoms with Crippen molar-refractivity contribution in [1.29, 1.82) is 5.26 Å². The summed E-state index contributed by atoms with van der Waals surface area (Å²) in [6.45, 7) is 3.96. The molecule has 1 aromatic rings. The van der Waals surface area contributed by atoms with Gasteiger partial charge in [0.1, 0.15) is 0 Å². The lowest BCUT2D eigenvalue weighted by molar-refractivity contribution is -0.149. The van der Waals surface area contributed by atoms with Crippen molar-refractivity contribution in [2.75, 3.05) is 19.7 Å². The Morgan fingerprint density at radius 1 is 1.38 bits per heavy atom. The number of esters is 1. The zero-order chi connectivity index (χ0) is 15.1. The van der Waals surface area contributed by atoms with E-state index in [1.165, 1.54) is 5.56 Å². The Balaban J connectivity index is 1.98. The van der Waals surface area contributed by atoms with Crippen molar-refractivity contribution in [3.63, 3.8) is 0 Å². The predicted molar refractivity (Wildman–Crippen MR) is 80.3 cm³/mol. The minimum absolute atomic E-state index is 0.0136. The number of hydrogen-bond donors (Lipinski definition) is 0. The molecule has 4 nitrogen and oxygen atoms in total. The lowest BCUT2D eigenvalue weighted by Gasteiger charge is -2.36. The fraction of sp³-hybridized carbons (Fsp3) is 0.529. The maximum atomic E-state index is 11.8. The van der Waals surface area contributed by atoms with Gasteiger partial charge in [-0.05, 0) is 38.4 Å². The molecule has 112 valence electrons. The molecule has 2 rings (SSSR count). The van der Waals surface area contributed by atoms with Crippen LogP contribution in [0.1, 0.15) is 37.8 Å². The van der Waals surface area contributed by atoms with Crippen LogP contribution in [0.3, 0.4) is 0 Å². The summed E-state index contributed by atoms with van der Waals surface area (Å²) in [5, 5.41) is 9.09. The van der Waals surface area contributed by atoms with Gasteiger partial charge in [-0.15, -0.1) is 0 Å². The van der Waals surface area contributed by atoms with Gasteiger partial charge in [0.2, 0.25) is 0 Å². The van der Waals surface area contributed by atoms with Gasteiger partial charge in [0.25, 0.3) is 0 Å². The first-order valence-corrected chi connectivity index (χ1v) is 7.58. The third-order valence-electron chi connectivity index (χ3n) is 4.06. The second kappa shape index (κ2) is 7.80. The summed E-state index contributed by atoms with van der Waals surface area (Å²) in [4.78, 5) is 14.1. The third kappa shape index (κ3) is 4.05. The van der Waals surface area contributed by atoms with Crippen molar-refractivity contribution >= 4 is 5.97 Å². The van der Waals surface area contributed by atoms with E-state index in [0.29, 0.717) is 13.0 Å². The Kier molecular flexibility index (Phi) is 5.77. The standard InChI is InChI=1S/C17H22N2O2/c1-2-21-17(20)15-9-12-19(13-10-15)16(8-11-18)14-6-4-3-5-7-14/h3-7,15-16H,2,8-10,12-13H2,1H3. The molecule has 1 unspecified atom stereocenters. The molecule has 0 amide bonds. The van der Waals surface area contributed by atoms with Crippen LogP contribution < -0.4 is 0 Å². The Hall–Kier alpha value is -1.86. The molecule has 0 bridgehead atoms. The molecule has 1 heterocycles. The highest BCUT2D eigenvalue weighted by atomic mass is 16.5. The lowest BCUT2D eigenvalue weighted by Crippen LogP contribution is -2.39. The van der Waals surface area contributed by atoms with Gasteiger partial charge in [-0.1, -0.05) is 30.3 Å². The molecular weight excluding hydrogens is 264 g/mol. The average molecular weight is 286 g/mol. The molecule has 0 saturated carbocycles. The Morgan fingerprint density at radius 3 is 2.62 bits per heavy atom. The third-order valence-corrected chi connectivity index (χ3v) is 4.06. The van der Waals surface area contributed by atoms with Gasteiger partial charge < -0.3 is 4.74 Å². The van der Waals surface area contributed by atoms with Crippen molar-refractivity contribution in [3.8, 4) is 6.07 Å². The Bertz CT molecular complexity index is 487. The number of likely N-dealkylation sites (tertiary alicyclic amines) is 1. The van der Waals surface area contributed by atoms with Gasteiger partial charge in [-0.3, -0.25) is 9.69 Å². The number of carbonyl (C=O) groups is 1. The summed E-state index contributed by atoms with van der Waals surface area (Å²) in [7, 11) is 0. The summed E-state index contributed by atoms with van der Waals surface area (Å²) >= 11 is 0. The van der Waals surface area contributed by atoms with E-state index >= 15 is 0 Å². The number of nitriles is 1. The van der Waals surface area contributed by atoms with Crippen LogP contribution in [0.25, 0.3) is 0 Å². The number of hydrogen-bond acceptors (Lipinski definition) is 4. The number of benzene rings is 1. The summed E-state index contributed by atoms with van der Waals surface area (Å²) in [5.74, 6) is -0.0617. The van der Waals surface area contributed by atoms with E-state index in [9.17, 15) is 4.79 Å². The molecule has 21 heavy (non-hydrogen) atoms. The van der Waals surface area contributed by atoms with Crippen LogP contribution in [0, 0.1) is 17.2 Å². The van der Waals surface area contributed by atoms with Crippen molar-refractivity contribution in [1.82, 2.24) is 4.90 Å². The number of ether oxygens (including phenoxy) is 1. The first kappa shape index (κ1) is 15.5. The van der Waals surface area contributed by atoms with Gasteiger partial charge in [0, 0.05) is 6.04 Å². The van der Waals surface area contributed by atoms with Crippen LogP contribution in [-0.2, 0) is 9.53 Å². The molecule has 0 radical (unpaired) electrons. The fourth-order valence-electron chi connectivity index (χ4n) is 2.93. The topological polar surface area (TPSA) is 53.3 Å². The first-order chi connectivity index (χ1) is 10.3. The molecule has 0 aliphatic carbocycles. The predicted octanol–water partition coefficient (Wildman–Crippen LogP) is 2.92. The number of piperidine rings is 1. The van der Waals surface area contributed by atoms with Crippen molar-refractivity contribution in [2.45, 2.75) is 32.2 Å². The van der Waals surface area contributed by atoms with E-state index in [-0.39, 0.29) is 17.9 Å². The first-order valence-electron chi connectivity index (χ1n) is 7.58. The highest BCUT2D eigenvalue weighted by Crippen LogP contribution is 2.29. The average Bonchev–Trinajstić information content (AvgIpc) is 2.54. The highest BCUT2D eigenvalue weighted by Gasteiger charge is 2.29. The SMILES string of the molecule is CCOC(=O)C1CCN(C(CC#N)c2ccccc2)CC1. The number of carbonyl (C=O) groups excluding carboxylic acids is 1. The maximum absolute atomic E-state index is 11.8. The molecule has 1 fully saturated rings. The molecule has 1 aromatic carbocycles.